The first-order valence-electron chi connectivity index (χ1n) is 8.45. The van der Waals surface area contributed by atoms with E-state index in [4.69, 9.17) is 9.47 Å². The molecule has 6 heteroatoms. The maximum Gasteiger partial charge on any atom is 0.251 e. The molecule has 0 saturated heterocycles. The molecule has 3 rings (SSSR count). The maximum atomic E-state index is 12.3. The van der Waals surface area contributed by atoms with Crippen molar-refractivity contribution in [3.8, 4) is 11.5 Å². The van der Waals surface area contributed by atoms with Gasteiger partial charge in [0.15, 0.2) is 11.5 Å². The number of rotatable bonds is 7. The largest absolute Gasteiger partial charge is 0.493 e. The zero-order valence-electron chi connectivity index (χ0n) is 14.9. The van der Waals surface area contributed by atoms with E-state index in [9.17, 15) is 9.59 Å². The average Bonchev–Trinajstić information content (AvgIpc) is 3.46. The van der Waals surface area contributed by atoms with Crippen LogP contribution in [0.1, 0.15) is 28.8 Å². The van der Waals surface area contributed by atoms with Gasteiger partial charge in [-0.15, -0.1) is 0 Å². The first-order valence-corrected chi connectivity index (χ1v) is 8.45. The highest BCUT2D eigenvalue weighted by Crippen LogP contribution is 2.45. The van der Waals surface area contributed by atoms with Crippen LogP contribution < -0.4 is 20.1 Å². The molecule has 0 aromatic heterocycles. The van der Waals surface area contributed by atoms with Crippen LogP contribution in [0.3, 0.4) is 0 Å². The van der Waals surface area contributed by atoms with Crippen LogP contribution in [0.15, 0.2) is 48.5 Å². The topological polar surface area (TPSA) is 76.7 Å². The second-order valence-electron chi connectivity index (χ2n) is 6.25. The van der Waals surface area contributed by atoms with Gasteiger partial charge in [0.2, 0.25) is 5.91 Å². The highest BCUT2D eigenvalue weighted by Gasteiger charge is 2.45. The molecule has 0 spiro atoms. The van der Waals surface area contributed by atoms with Gasteiger partial charge in [0.1, 0.15) is 0 Å². The van der Waals surface area contributed by atoms with E-state index in [1.165, 1.54) is 14.2 Å². The molecular formula is C20H22N2O4. The summed E-state index contributed by atoms with van der Waals surface area (Å²) in [6.45, 7) is -0.0816. The first kappa shape index (κ1) is 17.8. The van der Waals surface area contributed by atoms with E-state index in [2.05, 4.69) is 10.6 Å². The van der Waals surface area contributed by atoms with Gasteiger partial charge in [-0.3, -0.25) is 9.59 Å². The van der Waals surface area contributed by atoms with Gasteiger partial charge in [-0.05, 0) is 36.6 Å². The first-order chi connectivity index (χ1) is 12.6. The third-order valence-electron chi connectivity index (χ3n) is 4.51. The Kier molecular flexibility index (Phi) is 5.11. The smallest absolute Gasteiger partial charge is 0.251 e. The van der Waals surface area contributed by atoms with Gasteiger partial charge >= 0.3 is 0 Å². The highest BCUT2D eigenvalue weighted by atomic mass is 16.5. The molecule has 0 bridgehead atoms. The summed E-state index contributed by atoms with van der Waals surface area (Å²) in [6, 6.07) is 14.7. The number of carbonyl (C=O) groups excluding carboxylic acids is 2. The third kappa shape index (κ3) is 3.79. The molecule has 2 aromatic rings. The fourth-order valence-corrected chi connectivity index (χ4v) is 2.92. The van der Waals surface area contributed by atoms with Crippen LogP contribution >= 0.6 is 0 Å². The second-order valence-corrected chi connectivity index (χ2v) is 6.25. The van der Waals surface area contributed by atoms with E-state index in [1.807, 2.05) is 30.3 Å². The van der Waals surface area contributed by atoms with Crippen LogP contribution in [0.5, 0.6) is 11.5 Å². The Balaban J connectivity index is 1.57. The summed E-state index contributed by atoms with van der Waals surface area (Å²) in [5.74, 6) is 0.455. The number of hydrogen-bond donors (Lipinski definition) is 2. The lowest BCUT2D eigenvalue weighted by molar-refractivity contribution is -0.121. The van der Waals surface area contributed by atoms with E-state index >= 15 is 0 Å². The van der Waals surface area contributed by atoms with E-state index in [0.29, 0.717) is 17.1 Å². The minimum absolute atomic E-state index is 0.0816. The van der Waals surface area contributed by atoms with Gasteiger partial charge in [0, 0.05) is 5.56 Å². The zero-order valence-corrected chi connectivity index (χ0v) is 14.9. The fourth-order valence-electron chi connectivity index (χ4n) is 2.92. The summed E-state index contributed by atoms with van der Waals surface area (Å²) >= 11 is 0. The fraction of sp³-hybridized carbons (Fsp3) is 0.300. The molecule has 6 nitrogen and oxygen atoms in total. The van der Waals surface area contributed by atoms with E-state index in [1.54, 1.807) is 18.2 Å². The van der Waals surface area contributed by atoms with Crippen LogP contribution in [0.2, 0.25) is 0 Å². The number of methoxy groups -OCH3 is 2. The number of carbonyl (C=O) groups is 2. The zero-order chi connectivity index (χ0) is 18.6. The number of amides is 2. The van der Waals surface area contributed by atoms with Gasteiger partial charge in [0.05, 0.1) is 26.3 Å². The van der Waals surface area contributed by atoms with E-state index in [0.717, 1.165) is 18.4 Å². The summed E-state index contributed by atoms with van der Waals surface area (Å²) in [5, 5.41) is 5.67. The highest BCUT2D eigenvalue weighted by molar-refractivity contribution is 5.97. The van der Waals surface area contributed by atoms with E-state index < -0.39 is 0 Å². The molecule has 2 N–H and O–H groups in total. The van der Waals surface area contributed by atoms with Crippen molar-refractivity contribution < 1.29 is 19.1 Å². The van der Waals surface area contributed by atoms with Crippen LogP contribution in [0.4, 0.5) is 0 Å². The van der Waals surface area contributed by atoms with Crippen LogP contribution in [-0.2, 0) is 10.3 Å². The maximum absolute atomic E-state index is 12.3. The number of nitrogens with one attached hydrogen (secondary N) is 2. The Bertz CT molecular complexity index is 801. The van der Waals surface area contributed by atoms with Crippen LogP contribution in [-0.4, -0.2) is 32.6 Å². The molecule has 26 heavy (non-hydrogen) atoms. The molecule has 0 radical (unpaired) electrons. The monoisotopic (exact) mass is 354 g/mol. The molecule has 136 valence electrons. The Morgan fingerprint density at radius 3 is 2.31 bits per heavy atom. The SMILES string of the molecule is COc1ccc(C(=O)NCC(=O)NC2(c3ccccc3)CC2)cc1OC. The Hall–Kier alpha value is -3.02. The molecule has 1 aliphatic rings. The van der Waals surface area contributed by atoms with Crippen molar-refractivity contribution in [1.29, 1.82) is 0 Å². The predicted octanol–water partition coefficient (Wildman–Crippen LogP) is 2.24. The lowest BCUT2D eigenvalue weighted by Gasteiger charge is -2.18. The molecule has 0 aliphatic heterocycles. The summed E-state index contributed by atoms with van der Waals surface area (Å²) in [7, 11) is 3.04. The van der Waals surface area contributed by atoms with Crippen molar-refractivity contribution in [2.75, 3.05) is 20.8 Å². The van der Waals surface area contributed by atoms with Gasteiger partial charge in [0.25, 0.3) is 5.91 Å². The van der Waals surface area contributed by atoms with Gasteiger partial charge in [-0.2, -0.15) is 0 Å². The van der Waals surface area contributed by atoms with Gasteiger partial charge in [-0.25, -0.2) is 0 Å². The summed E-state index contributed by atoms with van der Waals surface area (Å²) < 4.78 is 10.3. The third-order valence-corrected chi connectivity index (χ3v) is 4.51. The minimum atomic E-state index is -0.342. The molecule has 2 amide bonds. The van der Waals surface area contributed by atoms with Crippen molar-refractivity contribution >= 4 is 11.8 Å². The molecule has 0 heterocycles. The summed E-state index contributed by atoms with van der Waals surface area (Å²) in [4.78, 5) is 24.5. The summed E-state index contributed by atoms with van der Waals surface area (Å²) in [5.41, 5.74) is 1.21. The van der Waals surface area contributed by atoms with Crippen molar-refractivity contribution in [3.05, 3.63) is 59.7 Å². The number of ether oxygens (including phenoxy) is 2. The molecule has 0 unspecified atom stereocenters. The lowest BCUT2D eigenvalue weighted by atomic mass is 10.1. The standard InChI is InChI=1S/C20H22N2O4/c1-25-16-9-8-14(12-17(16)26-2)19(24)21-13-18(23)22-20(10-11-20)15-6-4-3-5-7-15/h3-9,12H,10-11,13H2,1-2H3,(H,21,24)(H,22,23). The molecule has 1 saturated carbocycles. The van der Waals surface area contributed by atoms with Crippen molar-refractivity contribution in [2.24, 2.45) is 0 Å². The Labute approximate surface area is 152 Å². The van der Waals surface area contributed by atoms with Crippen LogP contribution in [0.25, 0.3) is 0 Å². The second kappa shape index (κ2) is 7.47. The lowest BCUT2D eigenvalue weighted by Crippen LogP contribution is -2.42. The molecule has 0 atom stereocenters. The summed E-state index contributed by atoms with van der Waals surface area (Å²) in [6.07, 6.45) is 1.82. The van der Waals surface area contributed by atoms with Crippen molar-refractivity contribution in [2.45, 2.75) is 18.4 Å². The van der Waals surface area contributed by atoms with Crippen LogP contribution in [0, 0.1) is 0 Å². The molecule has 2 aromatic carbocycles. The Morgan fingerprint density at radius 2 is 1.69 bits per heavy atom. The Morgan fingerprint density at radius 1 is 1.00 bits per heavy atom. The van der Waals surface area contributed by atoms with Gasteiger partial charge in [-0.1, -0.05) is 30.3 Å². The average molecular weight is 354 g/mol. The molecule has 1 fully saturated rings. The van der Waals surface area contributed by atoms with E-state index in [-0.39, 0.29) is 23.9 Å². The predicted molar refractivity (Wildman–Crippen MR) is 97.4 cm³/mol. The van der Waals surface area contributed by atoms with Crippen molar-refractivity contribution in [1.82, 2.24) is 10.6 Å². The quantitative estimate of drug-likeness (QED) is 0.799. The number of hydrogen-bond acceptors (Lipinski definition) is 4. The normalized spacial score (nSPS) is 14.2. The van der Waals surface area contributed by atoms with Gasteiger partial charge < -0.3 is 20.1 Å². The molecule has 1 aliphatic carbocycles. The molecular weight excluding hydrogens is 332 g/mol. The number of benzene rings is 2. The minimum Gasteiger partial charge on any atom is -0.493 e. The van der Waals surface area contributed by atoms with Crippen molar-refractivity contribution in [3.63, 3.8) is 0 Å².